The Morgan fingerprint density at radius 2 is 1.15 bits per heavy atom. The van der Waals surface area contributed by atoms with Crippen LogP contribution in [0.3, 0.4) is 0 Å². The van der Waals surface area contributed by atoms with Crippen molar-refractivity contribution < 1.29 is 34.4 Å². The van der Waals surface area contributed by atoms with Crippen molar-refractivity contribution in [3.8, 4) is 0 Å². The van der Waals surface area contributed by atoms with Crippen molar-refractivity contribution in [1.82, 2.24) is 0 Å². The molecule has 40 heavy (non-hydrogen) atoms. The molecule has 218 valence electrons. The van der Waals surface area contributed by atoms with Gasteiger partial charge in [-0.3, -0.25) is 8.37 Å². The van der Waals surface area contributed by atoms with E-state index >= 15 is 0 Å². The standard InChI is InChI=1S/C29H38O8S2Si/c1-29(2,3)40(25-17-11-7-12-18-25,26-19-13-8-14-20-26)36-23-28(37-39(5,32)33)27(22-35-38(4,30)31)34-21-24-15-9-6-10-16-24/h6-20,27-28H,21-23H2,1-5H3/t27-,28-/m0/s1. The van der Waals surface area contributed by atoms with E-state index in [0.29, 0.717) is 0 Å². The summed E-state index contributed by atoms with van der Waals surface area (Å²) in [5, 5.41) is 1.62. The van der Waals surface area contributed by atoms with E-state index < -0.39 is 47.4 Å². The largest absolute Gasteiger partial charge is 0.405 e. The summed E-state index contributed by atoms with van der Waals surface area (Å²) < 4.78 is 72.1. The second-order valence-electron chi connectivity index (χ2n) is 10.6. The van der Waals surface area contributed by atoms with Crippen molar-refractivity contribution in [2.75, 3.05) is 25.7 Å². The van der Waals surface area contributed by atoms with Gasteiger partial charge in [0.25, 0.3) is 28.6 Å². The molecule has 0 unspecified atom stereocenters. The lowest BCUT2D eigenvalue weighted by molar-refractivity contribution is -0.0663. The second kappa shape index (κ2) is 13.5. The maximum atomic E-state index is 12.4. The van der Waals surface area contributed by atoms with Crippen LogP contribution in [-0.2, 0) is 44.4 Å². The first-order chi connectivity index (χ1) is 18.7. The lowest BCUT2D eigenvalue weighted by atomic mass is 10.2. The third-order valence-corrected chi connectivity index (χ3v) is 12.5. The minimum Gasteiger partial charge on any atom is -0.405 e. The van der Waals surface area contributed by atoms with Gasteiger partial charge in [0.1, 0.15) is 12.2 Å². The van der Waals surface area contributed by atoms with Gasteiger partial charge in [0.05, 0.1) is 32.3 Å². The van der Waals surface area contributed by atoms with E-state index in [1.807, 2.05) is 91.0 Å². The summed E-state index contributed by atoms with van der Waals surface area (Å²) in [5.41, 5.74) is 0.817. The van der Waals surface area contributed by atoms with Crippen LogP contribution in [0.25, 0.3) is 0 Å². The van der Waals surface area contributed by atoms with Crippen LogP contribution in [-0.4, -0.2) is 63.1 Å². The van der Waals surface area contributed by atoms with Gasteiger partial charge in [-0.15, -0.1) is 0 Å². The normalized spacial score (nSPS) is 14.5. The molecule has 0 aliphatic rings. The van der Waals surface area contributed by atoms with E-state index in [0.717, 1.165) is 28.4 Å². The van der Waals surface area contributed by atoms with E-state index in [-0.39, 0.29) is 18.3 Å². The Morgan fingerprint density at radius 3 is 1.57 bits per heavy atom. The van der Waals surface area contributed by atoms with Gasteiger partial charge in [0.15, 0.2) is 0 Å². The highest BCUT2D eigenvalue weighted by Gasteiger charge is 2.51. The Bertz CT molecular complexity index is 1370. The number of rotatable bonds is 14. The van der Waals surface area contributed by atoms with Crippen molar-refractivity contribution in [3.05, 3.63) is 96.6 Å². The minimum absolute atomic E-state index is 0.0848. The minimum atomic E-state index is -3.99. The Morgan fingerprint density at radius 1 is 0.675 bits per heavy atom. The van der Waals surface area contributed by atoms with Gasteiger partial charge < -0.3 is 9.16 Å². The second-order valence-corrected chi connectivity index (χ2v) is 18.2. The first-order valence-electron chi connectivity index (χ1n) is 12.8. The molecule has 0 N–H and O–H groups in total. The van der Waals surface area contributed by atoms with Gasteiger partial charge in [-0.2, -0.15) is 16.8 Å². The average molecular weight is 607 g/mol. The summed E-state index contributed by atoms with van der Waals surface area (Å²) in [6, 6.07) is 29.0. The Hall–Kier alpha value is -2.38. The predicted octanol–water partition coefficient (Wildman–Crippen LogP) is 3.47. The summed E-state index contributed by atoms with van der Waals surface area (Å²) in [4.78, 5) is 0. The fourth-order valence-electron chi connectivity index (χ4n) is 4.62. The highest BCUT2D eigenvalue weighted by Crippen LogP contribution is 2.37. The molecule has 0 spiro atoms. The molecule has 0 fully saturated rings. The monoisotopic (exact) mass is 606 g/mol. The van der Waals surface area contributed by atoms with Crippen LogP contribution in [0.4, 0.5) is 0 Å². The van der Waals surface area contributed by atoms with Crippen LogP contribution in [0, 0.1) is 0 Å². The van der Waals surface area contributed by atoms with Gasteiger partial charge in [0.2, 0.25) is 0 Å². The highest BCUT2D eigenvalue weighted by molar-refractivity contribution is 7.86. The summed E-state index contributed by atoms with van der Waals surface area (Å²) in [6.07, 6.45) is -0.411. The fourth-order valence-corrected chi connectivity index (χ4v) is 10.2. The smallest absolute Gasteiger partial charge is 0.264 e. The molecule has 0 saturated heterocycles. The molecule has 8 nitrogen and oxygen atoms in total. The van der Waals surface area contributed by atoms with E-state index in [1.165, 1.54) is 0 Å². The molecular weight excluding hydrogens is 569 g/mol. The Kier molecular flexibility index (Phi) is 10.9. The first-order valence-corrected chi connectivity index (χ1v) is 18.4. The molecule has 3 aromatic rings. The molecule has 0 aliphatic heterocycles. The predicted molar refractivity (Wildman–Crippen MR) is 159 cm³/mol. The molecule has 0 bridgehead atoms. The van der Waals surface area contributed by atoms with Crippen molar-refractivity contribution in [2.24, 2.45) is 0 Å². The highest BCUT2D eigenvalue weighted by atomic mass is 32.2. The van der Waals surface area contributed by atoms with Crippen molar-refractivity contribution in [3.63, 3.8) is 0 Å². The van der Waals surface area contributed by atoms with E-state index in [4.69, 9.17) is 17.5 Å². The maximum Gasteiger partial charge on any atom is 0.264 e. The number of hydrogen-bond donors (Lipinski definition) is 0. The molecule has 0 aromatic heterocycles. The molecule has 3 rings (SSSR count). The van der Waals surface area contributed by atoms with Crippen LogP contribution in [0.15, 0.2) is 91.0 Å². The quantitative estimate of drug-likeness (QED) is 0.203. The summed E-state index contributed by atoms with van der Waals surface area (Å²) in [5.74, 6) is 0. The molecule has 3 aromatic carbocycles. The van der Waals surface area contributed by atoms with Crippen LogP contribution in [0.1, 0.15) is 26.3 Å². The van der Waals surface area contributed by atoms with Crippen LogP contribution >= 0.6 is 0 Å². The topological polar surface area (TPSA) is 105 Å². The van der Waals surface area contributed by atoms with Gasteiger partial charge in [0, 0.05) is 0 Å². The Balaban J connectivity index is 2.05. The number of hydrogen-bond acceptors (Lipinski definition) is 8. The molecule has 0 amide bonds. The average Bonchev–Trinajstić information content (AvgIpc) is 2.88. The molecular formula is C29H38O8S2Si. The molecule has 0 radical (unpaired) electrons. The molecule has 0 heterocycles. The van der Waals surface area contributed by atoms with Gasteiger partial charge in [-0.25, -0.2) is 0 Å². The molecule has 2 atom stereocenters. The van der Waals surface area contributed by atoms with Gasteiger partial charge in [-0.1, -0.05) is 112 Å². The van der Waals surface area contributed by atoms with E-state index in [9.17, 15) is 16.8 Å². The van der Waals surface area contributed by atoms with E-state index in [1.54, 1.807) is 0 Å². The zero-order valence-corrected chi connectivity index (χ0v) is 26.2. The zero-order chi connectivity index (χ0) is 29.4. The third-order valence-electron chi connectivity index (χ3n) is 6.35. The molecule has 0 saturated carbocycles. The Labute approximate surface area is 239 Å². The number of ether oxygens (including phenoxy) is 1. The molecule has 11 heteroatoms. The fraction of sp³-hybridized carbons (Fsp3) is 0.379. The maximum absolute atomic E-state index is 12.4. The summed E-state index contributed by atoms with van der Waals surface area (Å²) >= 11 is 0. The first kappa shape index (κ1) is 32.1. The van der Waals surface area contributed by atoms with Crippen LogP contribution in [0.2, 0.25) is 5.04 Å². The molecule has 0 aliphatic carbocycles. The van der Waals surface area contributed by atoms with E-state index in [2.05, 4.69) is 20.8 Å². The van der Waals surface area contributed by atoms with Crippen molar-refractivity contribution >= 4 is 38.9 Å². The van der Waals surface area contributed by atoms with Crippen LogP contribution < -0.4 is 10.4 Å². The lowest BCUT2D eigenvalue weighted by Gasteiger charge is -2.44. The lowest BCUT2D eigenvalue weighted by Crippen LogP contribution is -2.67. The zero-order valence-electron chi connectivity index (χ0n) is 23.5. The van der Waals surface area contributed by atoms with Gasteiger partial charge in [-0.05, 0) is 21.0 Å². The third kappa shape index (κ3) is 9.07. The van der Waals surface area contributed by atoms with Crippen molar-refractivity contribution in [2.45, 2.75) is 44.6 Å². The van der Waals surface area contributed by atoms with Crippen molar-refractivity contribution in [1.29, 1.82) is 0 Å². The summed E-state index contributed by atoms with van der Waals surface area (Å²) in [6.45, 7) is 5.75. The SMILES string of the molecule is CC(C)(C)[Si](OC[C@H](OS(C)(=O)=O)[C@H](COS(C)(=O)=O)OCc1ccccc1)(c1ccccc1)c1ccccc1. The van der Waals surface area contributed by atoms with Gasteiger partial charge >= 0.3 is 0 Å². The summed E-state index contributed by atoms with van der Waals surface area (Å²) in [7, 11) is -10.9. The number of benzene rings is 3. The van der Waals surface area contributed by atoms with Crippen LogP contribution in [0.5, 0.6) is 0 Å².